The number of hydrogen-bond acceptors (Lipinski definition) is 18. The summed E-state index contributed by atoms with van der Waals surface area (Å²) in [4.78, 5) is 43.5. The van der Waals surface area contributed by atoms with E-state index in [2.05, 4.69) is 5.16 Å². The lowest BCUT2D eigenvalue weighted by Gasteiger charge is -2.50. The van der Waals surface area contributed by atoms with Gasteiger partial charge in [0.2, 0.25) is 0 Å². The lowest BCUT2D eigenvalue weighted by atomic mass is 9.73. The normalized spacial score (nSPS) is 41.8. The molecule has 18 nitrogen and oxygen atoms in total. The molecule has 3 fully saturated rings. The number of esters is 3. The van der Waals surface area contributed by atoms with Gasteiger partial charge in [-0.15, -0.1) is 0 Å². The van der Waals surface area contributed by atoms with Gasteiger partial charge >= 0.3 is 17.9 Å². The van der Waals surface area contributed by atoms with Gasteiger partial charge < -0.3 is 67.7 Å². The van der Waals surface area contributed by atoms with Gasteiger partial charge in [0, 0.05) is 37.3 Å². The maximum Gasteiger partial charge on any atom is 0.338 e. The van der Waals surface area contributed by atoms with Crippen LogP contribution in [0.25, 0.3) is 0 Å². The van der Waals surface area contributed by atoms with Crippen molar-refractivity contribution in [3.8, 4) is 0 Å². The Morgan fingerprint density at radius 1 is 0.926 bits per heavy atom. The number of ether oxygens (including phenoxy) is 10. The molecule has 0 unspecified atom stereocenters. The van der Waals surface area contributed by atoms with Crippen LogP contribution in [0.4, 0.5) is 0 Å². The fraction of sp³-hybridized carbons (Fsp3) is 0.760. The fourth-order valence-corrected chi connectivity index (χ4v) is 10.8. The van der Waals surface area contributed by atoms with Gasteiger partial charge in [0.05, 0.1) is 79.2 Å². The Kier molecular flexibility index (Phi) is 18.8. The summed E-state index contributed by atoms with van der Waals surface area (Å²) in [5.41, 5.74) is -3.80. The predicted molar refractivity (Wildman–Crippen MR) is 248 cm³/mol. The van der Waals surface area contributed by atoms with Crippen LogP contribution in [-0.4, -0.2) is 170 Å². The first-order valence-electron chi connectivity index (χ1n) is 23.9. The van der Waals surface area contributed by atoms with E-state index in [1.165, 1.54) is 21.1 Å². The molecule has 0 amide bonds. The minimum Gasteiger partial charge on any atom is -0.466 e. The van der Waals surface area contributed by atoms with Crippen molar-refractivity contribution in [3.63, 3.8) is 0 Å². The van der Waals surface area contributed by atoms with Crippen molar-refractivity contribution in [1.29, 1.82) is 0 Å². The highest BCUT2D eigenvalue weighted by atomic mass is 16.7. The van der Waals surface area contributed by atoms with Crippen LogP contribution in [0.1, 0.15) is 105 Å². The molecule has 4 heterocycles. The van der Waals surface area contributed by atoms with Gasteiger partial charge in [0.1, 0.15) is 23.4 Å². The third-order valence-corrected chi connectivity index (χ3v) is 14.7. The Bertz CT molecular complexity index is 1910. The van der Waals surface area contributed by atoms with Gasteiger partial charge in [-0.05, 0) is 93.1 Å². The number of likely N-dealkylation sites (N-methyl/N-ethyl adjacent to an activating group) is 1. The van der Waals surface area contributed by atoms with Crippen LogP contribution in [0.5, 0.6) is 0 Å². The minimum absolute atomic E-state index is 0.0506. The number of carbonyl (C=O) groups excluding carboxylic acids is 3. The molecule has 0 spiro atoms. The number of aliphatic hydroxyl groups excluding tert-OH is 1. The Balaban J connectivity index is 1.70. The second kappa shape index (κ2) is 23.1. The molecule has 3 saturated heterocycles. The molecule has 18 heteroatoms. The molecule has 4 aliphatic rings. The monoisotopic (exact) mass is 963 g/mol. The molecule has 5 rings (SSSR count). The molecule has 384 valence electrons. The molecule has 3 N–H and O–H groups in total. The van der Waals surface area contributed by atoms with Crippen molar-refractivity contribution < 1.29 is 77.2 Å². The van der Waals surface area contributed by atoms with Crippen molar-refractivity contribution in [2.75, 3.05) is 41.5 Å². The molecule has 1 aromatic carbocycles. The number of rotatable bonds is 10. The van der Waals surface area contributed by atoms with Crippen molar-refractivity contribution in [1.82, 2.24) is 4.90 Å². The number of benzene rings is 1. The molecule has 18 atom stereocenters. The molecule has 0 saturated carbocycles. The smallest absolute Gasteiger partial charge is 0.338 e. The van der Waals surface area contributed by atoms with Gasteiger partial charge in [0.15, 0.2) is 18.7 Å². The predicted octanol–water partition coefficient (Wildman–Crippen LogP) is 5.07. The number of cyclic esters (lactones) is 1. The second-order valence-electron chi connectivity index (χ2n) is 20.1. The second-order valence-corrected chi connectivity index (χ2v) is 20.1. The largest absolute Gasteiger partial charge is 0.466 e. The summed E-state index contributed by atoms with van der Waals surface area (Å²) >= 11 is 0. The van der Waals surface area contributed by atoms with Crippen molar-refractivity contribution >= 4 is 23.6 Å². The highest BCUT2D eigenvalue weighted by Crippen LogP contribution is 2.43. The SMILES string of the molecule is CC[C@H]1OC(=O)[C@H](C)[C@@H](O[C@H]2C[C@@](C)(OC)[C@@H](OC(=O)c3ccccc3)[C@H](C)O2)[C@@H](C)[C@@H](O[C@@H]2O[C@H](C)C[C@H](N(C)C)[C@H]2O)[C@]2(C)C[C@@H](C)/C(=N\O)[C@H](C)[C@@H](OCC(C(=O)OC)=CCO2)[C@]1(C)O. The Morgan fingerprint density at radius 2 is 1.60 bits per heavy atom. The van der Waals surface area contributed by atoms with Crippen molar-refractivity contribution in [2.24, 2.45) is 28.8 Å². The number of fused-ring (bicyclic) bond motifs is 5. The van der Waals surface area contributed by atoms with Gasteiger partial charge in [-0.25, -0.2) is 9.59 Å². The zero-order valence-electron chi connectivity index (χ0n) is 42.4. The molecule has 0 aliphatic carbocycles. The van der Waals surface area contributed by atoms with E-state index in [-0.39, 0.29) is 55.9 Å². The first-order chi connectivity index (χ1) is 32.0. The number of methoxy groups -OCH3 is 2. The van der Waals surface area contributed by atoms with E-state index in [0.717, 1.165) is 0 Å². The highest BCUT2D eigenvalue weighted by Gasteiger charge is 2.55. The Hall–Kier alpha value is -3.56. The summed E-state index contributed by atoms with van der Waals surface area (Å²) < 4.78 is 64.0. The lowest BCUT2D eigenvalue weighted by molar-refractivity contribution is -0.319. The summed E-state index contributed by atoms with van der Waals surface area (Å²) in [6, 6.07) is 8.25. The van der Waals surface area contributed by atoms with E-state index in [9.17, 15) is 29.8 Å². The summed E-state index contributed by atoms with van der Waals surface area (Å²) in [5, 5.41) is 39.2. The number of nitrogens with zero attached hydrogens (tertiary/aromatic N) is 2. The van der Waals surface area contributed by atoms with Crippen LogP contribution in [-0.2, 0) is 57.0 Å². The molecule has 4 aliphatic heterocycles. The van der Waals surface area contributed by atoms with E-state index in [4.69, 9.17) is 47.4 Å². The highest BCUT2D eigenvalue weighted by molar-refractivity contribution is 5.90. The van der Waals surface area contributed by atoms with Gasteiger partial charge in [-0.2, -0.15) is 0 Å². The molecular formula is C50H78N2O16. The van der Waals surface area contributed by atoms with E-state index in [1.807, 2.05) is 46.7 Å². The zero-order chi connectivity index (χ0) is 50.5. The lowest BCUT2D eigenvalue weighted by Crippen LogP contribution is -2.62. The van der Waals surface area contributed by atoms with Gasteiger partial charge in [-0.3, -0.25) is 4.79 Å². The maximum absolute atomic E-state index is 14.8. The standard InChI is InChI=1S/C50H78N2O16/c1-15-36-50(10,57)42-29(4)38(51-58)27(2)24-49(9,62-22-21-34(26-61-42)45(55)59-13)41(68-47-39(53)35(52(11)12)23-28(3)63-47)30(5)40(31(6)44(54)65-36)66-37-25-48(8,60-14)43(32(7)64-37)67-46(56)33-19-17-16-18-20-33/h16-21,27-32,35-37,39-43,47,53,57-58H,15,22-26H2,1-14H3/b34-21?,51-38+/t27-,28-,29+,30-,31-,32+,35+,36-,37+,39-,40+,41-,42-,43+,47+,48-,49+,50-/m1/s1. The number of hydrogen-bond donors (Lipinski definition) is 3. The maximum atomic E-state index is 14.8. The minimum atomic E-state index is -1.93. The molecule has 2 bridgehead atoms. The number of aliphatic hydroxyl groups is 2. The quantitative estimate of drug-likeness (QED) is 0.121. The zero-order valence-corrected chi connectivity index (χ0v) is 42.4. The third-order valence-electron chi connectivity index (χ3n) is 14.7. The van der Waals surface area contributed by atoms with Gasteiger partial charge in [-0.1, -0.05) is 51.0 Å². The molecule has 1 aromatic rings. The first-order valence-corrected chi connectivity index (χ1v) is 23.9. The van der Waals surface area contributed by atoms with E-state index < -0.39 is 114 Å². The van der Waals surface area contributed by atoms with Crippen molar-refractivity contribution in [2.45, 2.75) is 179 Å². The van der Waals surface area contributed by atoms with Crippen LogP contribution in [0.3, 0.4) is 0 Å². The average molecular weight is 963 g/mol. The van der Waals surface area contributed by atoms with Crippen LogP contribution in [0.2, 0.25) is 0 Å². The van der Waals surface area contributed by atoms with Crippen LogP contribution in [0.15, 0.2) is 47.1 Å². The van der Waals surface area contributed by atoms with Crippen LogP contribution in [0, 0.1) is 23.7 Å². The van der Waals surface area contributed by atoms with E-state index in [1.54, 1.807) is 71.0 Å². The summed E-state index contributed by atoms with van der Waals surface area (Å²) in [6.07, 6.45) is -7.61. The Labute approximate surface area is 401 Å². The summed E-state index contributed by atoms with van der Waals surface area (Å²) in [6.45, 7) is 17.1. The van der Waals surface area contributed by atoms with Crippen LogP contribution >= 0.6 is 0 Å². The molecule has 0 radical (unpaired) electrons. The number of oxime groups is 1. The molecule has 68 heavy (non-hydrogen) atoms. The molecule has 0 aromatic heterocycles. The summed E-state index contributed by atoms with van der Waals surface area (Å²) in [5.74, 6) is -5.31. The van der Waals surface area contributed by atoms with Gasteiger partial charge in [0.25, 0.3) is 0 Å². The van der Waals surface area contributed by atoms with E-state index >= 15 is 0 Å². The average Bonchev–Trinajstić information content (AvgIpc) is 3.29. The van der Waals surface area contributed by atoms with E-state index in [0.29, 0.717) is 12.0 Å². The topological polar surface area (TPSA) is 220 Å². The van der Waals surface area contributed by atoms with Crippen molar-refractivity contribution in [3.05, 3.63) is 47.5 Å². The van der Waals surface area contributed by atoms with Crippen LogP contribution < -0.4 is 0 Å². The third kappa shape index (κ3) is 12.1. The number of carbonyl (C=O) groups is 3. The first kappa shape index (κ1) is 55.4. The fourth-order valence-electron chi connectivity index (χ4n) is 10.8. The molecular weight excluding hydrogens is 885 g/mol. The Morgan fingerprint density at radius 3 is 2.21 bits per heavy atom. The summed E-state index contributed by atoms with van der Waals surface area (Å²) in [7, 11) is 6.50.